The van der Waals surface area contributed by atoms with Crippen LogP contribution in [0.3, 0.4) is 0 Å². The molecule has 170 valence electrons. The van der Waals surface area contributed by atoms with Gasteiger partial charge in [-0.3, -0.25) is 10.1 Å². The molecular formula is C23H26F2N4O3. The number of carbonyl (C=O) groups is 1. The fourth-order valence-corrected chi connectivity index (χ4v) is 4.06. The van der Waals surface area contributed by atoms with Crippen molar-refractivity contribution in [2.75, 3.05) is 26.7 Å². The predicted molar refractivity (Wildman–Crippen MR) is 115 cm³/mol. The average Bonchev–Trinajstić information content (AvgIpc) is 3.11. The summed E-state index contributed by atoms with van der Waals surface area (Å²) in [5.41, 5.74) is 2.38. The first-order valence-electron chi connectivity index (χ1n) is 10.5. The van der Waals surface area contributed by atoms with Crippen molar-refractivity contribution < 1.29 is 23.4 Å². The van der Waals surface area contributed by atoms with E-state index in [-0.39, 0.29) is 23.1 Å². The van der Waals surface area contributed by atoms with E-state index in [9.17, 15) is 14.3 Å². The van der Waals surface area contributed by atoms with Crippen molar-refractivity contribution in [2.45, 2.75) is 32.6 Å². The summed E-state index contributed by atoms with van der Waals surface area (Å²) in [5, 5.41) is 12.4. The average molecular weight is 444 g/mol. The van der Waals surface area contributed by atoms with E-state index in [1.807, 2.05) is 29.7 Å². The van der Waals surface area contributed by atoms with Gasteiger partial charge in [-0.15, -0.1) is 0 Å². The van der Waals surface area contributed by atoms with E-state index in [2.05, 4.69) is 10.3 Å². The summed E-state index contributed by atoms with van der Waals surface area (Å²) in [4.78, 5) is 18.1. The summed E-state index contributed by atoms with van der Waals surface area (Å²) in [5.74, 6) is -1.45. The molecule has 2 N–H and O–H groups in total. The Morgan fingerprint density at radius 3 is 2.84 bits per heavy atom. The van der Waals surface area contributed by atoms with Gasteiger partial charge in [-0.2, -0.15) is 0 Å². The quantitative estimate of drug-likeness (QED) is 0.592. The first kappa shape index (κ1) is 22.3. The maximum Gasteiger partial charge on any atom is 0.219 e. The number of aromatic nitrogens is 2. The summed E-state index contributed by atoms with van der Waals surface area (Å²) < 4.78 is 37.6. The maximum atomic E-state index is 15.1. The van der Waals surface area contributed by atoms with Crippen molar-refractivity contribution in [2.24, 2.45) is 0 Å². The van der Waals surface area contributed by atoms with Crippen molar-refractivity contribution in [1.29, 1.82) is 0 Å². The van der Waals surface area contributed by atoms with E-state index in [4.69, 9.17) is 4.74 Å². The highest BCUT2D eigenvalue weighted by Crippen LogP contribution is 2.32. The highest BCUT2D eigenvalue weighted by Gasteiger charge is 2.27. The van der Waals surface area contributed by atoms with Crippen LogP contribution in [-0.2, 0) is 16.0 Å². The molecule has 0 bridgehead atoms. The molecule has 9 heteroatoms. The van der Waals surface area contributed by atoms with Gasteiger partial charge in [0, 0.05) is 43.8 Å². The molecule has 0 spiro atoms. The second-order valence-corrected chi connectivity index (χ2v) is 8.05. The highest BCUT2D eigenvalue weighted by molar-refractivity contribution is 5.73. The van der Waals surface area contributed by atoms with Gasteiger partial charge in [0.2, 0.25) is 5.91 Å². The monoisotopic (exact) mass is 444 g/mol. The second-order valence-electron chi connectivity index (χ2n) is 8.05. The minimum Gasteiger partial charge on any atom is -0.374 e. The first-order chi connectivity index (χ1) is 15.3. The van der Waals surface area contributed by atoms with Crippen molar-refractivity contribution in [3.63, 3.8) is 0 Å². The molecule has 1 saturated heterocycles. The Morgan fingerprint density at radius 1 is 1.34 bits per heavy atom. The van der Waals surface area contributed by atoms with Gasteiger partial charge >= 0.3 is 0 Å². The number of aliphatic hydroxyl groups is 1. The van der Waals surface area contributed by atoms with Crippen LogP contribution in [0.5, 0.6) is 0 Å². The summed E-state index contributed by atoms with van der Waals surface area (Å²) in [6.45, 7) is 4.80. The third kappa shape index (κ3) is 4.23. The molecule has 2 aromatic heterocycles. The number of rotatable bonds is 5. The van der Waals surface area contributed by atoms with Gasteiger partial charge in [0.25, 0.3) is 0 Å². The zero-order chi connectivity index (χ0) is 23.0. The number of pyridine rings is 1. The van der Waals surface area contributed by atoms with E-state index < -0.39 is 17.9 Å². The zero-order valence-electron chi connectivity index (χ0n) is 18.2. The van der Waals surface area contributed by atoms with E-state index in [0.717, 1.165) is 17.7 Å². The summed E-state index contributed by atoms with van der Waals surface area (Å²) in [6, 6.07) is 5.82. The standard InChI is InChI=1S/C23H26F2N4O3/c1-13-4-5-29-20(9-15-12-28(14(2)30)6-7-32-15)22(27-21(29)8-13)16-10-19(25)17(11-18(16)24)23(31)26-3/h4-5,8,10-11,15,23,26,31H,6-7,9,12H2,1-3H3/t15-,23?/m0/s1. The molecule has 3 aromatic rings. The van der Waals surface area contributed by atoms with Crippen molar-refractivity contribution in [1.82, 2.24) is 19.6 Å². The normalized spacial score (nSPS) is 17.7. The second kappa shape index (κ2) is 8.93. The lowest BCUT2D eigenvalue weighted by Crippen LogP contribution is -2.45. The van der Waals surface area contributed by atoms with Crippen LogP contribution in [0.2, 0.25) is 0 Å². The van der Waals surface area contributed by atoms with Crippen molar-refractivity contribution in [3.05, 3.63) is 58.9 Å². The number of benzene rings is 1. The van der Waals surface area contributed by atoms with E-state index >= 15 is 4.39 Å². The molecule has 32 heavy (non-hydrogen) atoms. The molecule has 1 aliphatic heterocycles. The Labute approximate surface area is 184 Å². The third-order valence-electron chi connectivity index (χ3n) is 5.80. The van der Waals surface area contributed by atoms with Gasteiger partial charge in [-0.05, 0) is 43.8 Å². The number of nitrogens with zero attached hydrogens (tertiary/aromatic N) is 3. The molecule has 0 radical (unpaired) electrons. The number of hydrogen-bond acceptors (Lipinski definition) is 5. The molecule has 1 amide bonds. The molecular weight excluding hydrogens is 418 g/mol. The molecule has 0 saturated carbocycles. The van der Waals surface area contributed by atoms with Crippen LogP contribution in [0.1, 0.15) is 30.0 Å². The van der Waals surface area contributed by atoms with Gasteiger partial charge in [0.1, 0.15) is 23.5 Å². The van der Waals surface area contributed by atoms with E-state index in [1.165, 1.54) is 14.0 Å². The minimum atomic E-state index is -1.32. The van der Waals surface area contributed by atoms with Crippen molar-refractivity contribution >= 4 is 11.6 Å². The Bertz CT molecular complexity index is 1160. The summed E-state index contributed by atoms with van der Waals surface area (Å²) in [7, 11) is 1.45. The Hall–Kier alpha value is -2.88. The molecule has 3 heterocycles. The molecule has 0 aliphatic carbocycles. The predicted octanol–water partition coefficient (Wildman–Crippen LogP) is 2.59. The summed E-state index contributed by atoms with van der Waals surface area (Å²) >= 11 is 0. The topological polar surface area (TPSA) is 79.1 Å². The maximum absolute atomic E-state index is 15.1. The molecule has 1 aliphatic rings. The van der Waals surface area contributed by atoms with Crippen molar-refractivity contribution in [3.8, 4) is 11.3 Å². The van der Waals surface area contributed by atoms with Gasteiger partial charge in [-0.1, -0.05) is 0 Å². The number of halogens is 2. The fraction of sp³-hybridized carbons (Fsp3) is 0.391. The Morgan fingerprint density at radius 2 is 2.12 bits per heavy atom. The molecule has 1 unspecified atom stereocenters. The van der Waals surface area contributed by atoms with Gasteiger partial charge in [-0.25, -0.2) is 13.8 Å². The van der Waals surface area contributed by atoms with Crippen LogP contribution >= 0.6 is 0 Å². The molecule has 1 aromatic carbocycles. The molecule has 2 atom stereocenters. The first-order valence-corrected chi connectivity index (χ1v) is 10.5. The zero-order valence-corrected chi connectivity index (χ0v) is 18.2. The lowest BCUT2D eigenvalue weighted by atomic mass is 10.0. The Balaban J connectivity index is 1.80. The van der Waals surface area contributed by atoms with Gasteiger partial charge < -0.3 is 19.1 Å². The Kier molecular flexibility index (Phi) is 6.23. The number of ether oxygens (including phenoxy) is 1. The number of amides is 1. The minimum absolute atomic E-state index is 0.00476. The number of fused-ring (bicyclic) bond motifs is 1. The number of nitrogens with one attached hydrogen (secondary N) is 1. The number of imidazole rings is 1. The lowest BCUT2D eigenvalue weighted by molar-refractivity contribution is -0.136. The number of hydrogen-bond donors (Lipinski definition) is 2. The SMILES string of the molecule is CNC(O)c1cc(F)c(-c2nc3cc(C)ccn3c2C[C@H]2CN(C(C)=O)CCO2)cc1F. The molecule has 1 fully saturated rings. The van der Waals surface area contributed by atoms with Crippen LogP contribution < -0.4 is 5.32 Å². The number of aryl methyl sites for hydroxylation is 1. The summed E-state index contributed by atoms with van der Waals surface area (Å²) in [6.07, 6.45) is 0.585. The van der Waals surface area contributed by atoms with Crippen LogP contribution in [-0.4, -0.2) is 58.1 Å². The lowest BCUT2D eigenvalue weighted by Gasteiger charge is -2.32. The van der Waals surface area contributed by atoms with E-state index in [1.54, 1.807) is 4.90 Å². The van der Waals surface area contributed by atoms with Crippen LogP contribution in [0.15, 0.2) is 30.5 Å². The smallest absolute Gasteiger partial charge is 0.219 e. The number of carbonyl (C=O) groups excluding carboxylic acids is 1. The van der Waals surface area contributed by atoms with Crippen LogP contribution in [0.25, 0.3) is 16.9 Å². The number of aliphatic hydroxyl groups excluding tert-OH is 1. The van der Waals surface area contributed by atoms with Crippen LogP contribution in [0.4, 0.5) is 8.78 Å². The fourth-order valence-electron chi connectivity index (χ4n) is 4.06. The number of morpholine rings is 1. The molecule has 7 nitrogen and oxygen atoms in total. The van der Waals surface area contributed by atoms with Gasteiger partial charge in [0.15, 0.2) is 0 Å². The third-order valence-corrected chi connectivity index (χ3v) is 5.80. The van der Waals surface area contributed by atoms with Gasteiger partial charge in [0.05, 0.1) is 24.1 Å². The van der Waals surface area contributed by atoms with Crippen LogP contribution in [0, 0.1) is 18.6 Å². The van der Waals surface area contributed by atoms with E-state index in [0.29, 0.717) is 43.2 Å². The largest absolute Gasteiger partial charge is 0.374 e. The molecule has 4 rings (SSSR count). The highest BCUT2D eigenvalue weighted by atomic mass is 19.1.